The van der Waals surface area contributed by atoms with Crippen molar-refractivity contribution < 1.29 is 4.79 Å². The number of halogens is 1. The van der Waals surface area contributed by atoms with Crippen molar-refractivity contribution in [2.75, 3.05) is 31.6 Å². The molecule has 4 nitrogen and oxygen atoms in total. The second-order valence-electron chi connectivity index (χ2n) is 6.03. The zero-order valence-corrected chi connectivity index (χ0v) is 14.6. The van der Waals surface area contributed by atoms with Gasteiger partial charge in [-0.25, -0.2) is 0 Å². The van der Waals surface area contributed by atoms with Crippen molar-refractivity contribution in [1.82, 2.24) is 10.2 Å². The molecule has 124 valence electrons. The van der Waals surface area contributed by atoms with E-state index in [1.807, 2.05) is 42.3 Å². The summed E-state index contributed by atoms with van der Waals surface area (Å²) in [6.45, 7) is 6.65. The first-order valence-electron chi connectivity index (χ1n) is 7.88. The number of nitrogens with one attached hydrogen (secondary N) is 1. The van der Waals surface area contributed by atoms with Gasteiger partial charge in [0.25, 0.3) is 0 Å². The van der Waals surface area contributed by atoms with Crippen molar-refractivity contribution in [2.24, 2.45) is 0 Å². The van der Waals surface area contributed by atoms with Crippen LogP contribution in [0.3, 0.4) is 0 Å². The van der Waals surface area contributed by atoms with Gasteiger partial charge in [-0.05, 0) is 45.9 Å². The van der Waals surface area contributed by atoms with E-state index in [4.69, 9.17) is 0 Å². The minimum Gasteiger partial charge on any atom is -0.317 e. The molecule has 1 heterocycles. The Morgan fingerprint density at radius 1 is 1.27 bits per heavy atom. The summed E-state index contributed by atoms with van der Waals surface area (Å²) in [6.07, 6.45) is 2.24. The maximum atomic E-state index is 12.7. The van der Waals surface area contributed by atoms with Crippen LogP contribution >= 0.6 is 12.4 Å². The van der Waals surface area contributed by atoms with Crippen LogP contribution in [-0.2, 0) is 4.79 Å². The van der Waals surface area contributed by atoms with Gasteiger partial charge in [0.2, 0.25) is 5.91 Å². The van der Waals surface area contributed by atoms with Crippen LogP contribution in [0, 0.1) is 0 Å². The predicted molar refractivity (Wildman–Crippen MR) is 94.8 cm³/mol. The Bertz CT molecular complexity index is 444. The molecule has 0 radical (unpaired) electrons. The van der Waals surface area contributed by atoms with Crippen LogP contribution in [0.15, 0.2) is 30.3 Å². The van der Waals surface area contributed by atoms with Crippen LogP contribution < -0.4 is 10.2 Å². The third kappa shape index (κ3) is 4.97. The van der Waals surface area contributed by atoms with Crippen LogP contribution in [0.4, 0.5) is 5.69 Å². The van der Waals surface area contributed by atoms with Gasteiger partial charge >= 0.3 is 0 Å². The zero-order chi connectivity index (χ0) is 15.2. The average molecular weight is 326 g/mol. The van der Waals surface area contributed by atoms with Crippen LogP contribution in [0.5, 0.6) is 0 Å². The number of carbonyl (C=O) groups excluding carboxylic acids is 1. The van der Waals surface area contributed by atoms with Crippen LogP contribution in [-0.4, -0.2) is 49.6 Å². The molecule has 0 saturated carbocycles. The molecule has 1 saturated heterocycles. The van der Waals surface area contributed by atoms with Gasteiger partial charge in [0.15, 0.2) is 0 Å². The molecule has 0 unspecified atom stereocenters. The molecule has 2 rings (SSSR count). The van der Waals surface area contributed by atoms with Crippen LogP contribution in [0.25, 0.3) is 0 Å². The molecule has 0 aromatic heterocycles. The minimum atomic E-state index is 0. The number of hydrogen-bond acceptors (Lipinski definition) is 3. The number of rotatable bonds is 5. The van der Waals surface area contributed by atoms with Gasteiger partial charge in [-0.3, -0.25) is 9.69 Å². The third-order valence-electron chi connectivity index (χ3n) is 4.17. The molecule has 0 bridgehead atoms. The van der Waals surface area contributed by atoms with Crippen LogP contribution in [0.2, 0.25) is 0 Å². The molecule has 5 heteroatoms. The Balaban J connectivity index is 0.00000242. The smallest absolute Gasteiger partial charge is 0.241 e. The zero-order valence-electron chi connectivity index (χ0n) is 13.8. The van der Waals surface area contributed by atoms with Crippen molar-refractivity contribution in [1.29, 1.82) is 0 Å². The Morgan fingerprint density at radius 2 is 1.86 bits per heavy atom. The molecule has 1 fully saturated rings. The highest BCUT2D eigenvalue weighted by atomic mass is 35.5. The minimum absolute atomic E-state index is 0. The van der Waals surface area contributed by atoms with E-state index < -0.39 is 0 Å². The fraction of sp³-hybridized carbons (Fsp3) is 0.588. The van der Waals surface area contributed by atoms with E-state index in [0.717, 1.165) is 31.6 Å². The number of anilines is 1. The molecular formula is C17H28ClN3O. The summed E-state index contributed by atoms with van der Waals surface area (Å²) in [7, 11) is 2.02. The summed E-state index contributed by atoms with van der Waals surface area (Å²) in [6, 6.07) is 10.7. The van der Waals surface area contributed by atoms with Crippen molar-refractivity contribution in [3.8, 4) is 0 Å². The van der Waals surface area contributed by atoms with E-state index in [0.29, 0.717) is 12.6 Å². The lowest BCUT2D eigenvalue weighted by atomic mass is 10.1. The number of carbonyl (C=O) groups is 1. The maximum Gasteiger partial charge on any atom is 0.241 e. The molecule has 0 atom stereocenters. The van der Waals surface area contributed by atoms with E-state index in [9.17, 15) is 4.79 Å². The Hall–Kier alpha value is -1.10. The van der Waals surface area contributed by atoms with Gasteiger partial charge in [0.1, 0.15) is 0 Å². The predicted octanol–water partition coefficient (Wildman–Crippen LogP) is 2.53. The van der Waals surface area contributed by atoms with Gasteiger partial charge in [-0.1, -0.05) is 18.2 Å². The number of benzene rings is 1. The molecule has 1 aliphatic rings. The van der Waals surface area contributed by atoms with E-state index >= 15 is 0 Å². The van der Waals surface area contributed by atoms with E-state index in [1.54, 1.807) is 0 Å². The molecule has 0 aliphatic carbocycles. The monoisotopic (exact) mass is 325 g/mol. The lowest BCUT2D eigenvalue weighted by molar-refractivity contribution is -0.120. The van der Waals surface area contributed by atoms with Crippen LogP contribution in [0.1, 0.15) is 26.7 Å². The van der Waals surface area contributed by atoms with Gasteiger partial charge in [-0.2, -0.15) is 0 Å². The fourth-order valence-electron chi connectivity index (χ4n) is 2.97. The second kappa shape index (κ2) is 9.13. The normalized spacial score (nSPS) is 16.4. The highest BCUT2D eigenvalue weighted by Gasteiger charge is 2.24. The third-order valence-corrected chi connectivity index (χ3v) is 4.17. The summed E-state index contributed by atoms with van der Waals surface area (Å²) in [5, 5.41) is 3.32. The van der Waals surface area contributed by atoms with Gasteiger partial charge in [0.05, 0.1) is 6.54 Å². The molecule has 1 aromatic rings. The van der Waals surface area contributed by atoms with Gasteiger partial charge in [-0.15, -0.1) is 12.4 Å². The van der Waals surface area contributed by atoms with E-state index in [2.05, 4.69) is 24.1 Å². The van der Waals surface area contributed by atoms with Crippen molar-refractivity contribution in [3.05, 3.63) is 30.3 Å². The van der Waals surface area contributed by atoms with Crippen molar-refractivity contribution in [3.63, 3.8) is 0 Å². The average Bonchev–Trinajstić information content (AvgIpc) is 2.49. The van der Waals surface area contributed by atoms with Crippen molar-refractivity contribution >= 4 is 24.0 Å². The number of piperidine rings is 1. The van der Waals surface area contributed by atoms with Crippen molar-refractivity contribution in [2.45, 2.75) is 38.8 Å². The topological polar surface area (TPSA) is 35.6 Å². The summed E-state index contributed by atoms with van der Waals surface area (Å²) < 4.78 is 0. The number of nitrogens with zero attached hydrogens (tertiary/aromatic N) is 2. The summed E-state index contributed by atoms with van der Waals surface area (Å²) in [5.41, 5.74) is 0.989. The Morgan fingerprint density at radius 3 is 2.36 bits per heavy atom. The Labute approximate surface area is 140 Å². The maximum absolute atomic E-state index is 12.7. The number of hydrogen-bond donors (Lipinski definition) is 1. The summed E-state index contributed by atoms with van der Waals surface area (Å²) >= 11 is 0. The molecule has 1 amide bonds. The number of para-hydroxylation sites is 1. The SMILES string of the molecule is CNC1CCN(CC(=O)N(c2ccccc2)C(C)C)CC1.Cl. The molecule has 1 aromatic carbocycles. The summed E-state index contributed by atoms with van der Waals surface area (Å²) in [4.78, 5) is 16.9. The quantitative estimate of drug-likeness (QED) is 0.903. The standard InChI is InChI=1S/C17H27N3O.ClH/c1-14(2)20(16-7-5-4-6-8-16)17(21)13-19-11-9-15(18-3)10-12-19;/h4-8,14-15,18H,9-13H2,1-3H3;1H. The first-order chi connectivity index (χ1) is 10.1. The number of likely N-dealkylation sites (tertiary alicyclic amines) is 1. The first-order valence-corrected chi connectivity index (χ1v) is 7.88. The molecule has 1 N–H and O–H groups in total. The molecular weight excluding hydrogens is 298 g/mol. The molecule has 22 heavy (non-hydrogen) atoms. The second-order valence-corrected chi connectivity index (χ2v) is 6.03. The molecule has 0 spiro atoms. The lowest BCUT2D eigenvalue weighted by Gasteiger charge is -2.34. The Kier molecular flexibility index (Phi) is 7.87. The lowest BCUT2D eigenvalue weighted by Crippen LogP contribution is -2.48. The fourth-order valence-corrected chi connectivity index (χ4v) is 2.97. The van der Waals surface area contributed by atoms with Gasteiger partial charge < -0.3 is 10.2 Å². The summed E-state index contributed by atoms with van der Waals surface area (Å²) in [5.74, 6) is 0.194. The highest BCUT2D eigenvalue weighted by molar-refractivity contribution is 5.95. The highest BCUT2D eigenvalue weighted by Crippen LogP contribution is 2.18. The van der Waals surface area contributed by atoms with E-state index in [-0.39, 0.29) is 24.4 Å². The molecule has 1 aliphatic heterocycles. The first kappa shape index (κ1) is 18.9. The number of amides is 1. The van der Waals surface area contributed by atoms with Gasteiger partial charge in [0, 0.05) is 30.9 Å². The van der Waals surface area contributed by atoms with E-state index in [1.165, 1.54) is 0 Å². The largest absolute Gasteiger partial charge is 0.317 e.